The van der Waals surface area contributed by atoms with Crippen LogP contribution in [-0.4, -0.2) is 19.1 Å². The molecule has 0 radical (unpaired) electrons. The molecule has 5 rings (SSSR count). The van der Waals surface area contributed by atoms with Crippen molar-refractivity contribution in [2.24, 2.45) is 34.5 Å². The first-order valence-corrected chi connectivity index (χ1v) is 13.2. The quantitative estimate of drug-likeness (QED) is 0.366. The van der Waals surface area contributed by atoms with Crippen LogP contribution in [0.3, 0.4) is 0 Å². The second-order valence-electron chi connectivity index (χ2n) is 10.7. The summed E-state index contributed by atoms with van der Waals surface area (Å²) in [5, 5.41) is 0. The summed E-state index contributed by atoms with van der Waals surface area (Å²) < 4.78 is 37.7. The maximum Gasteiger partial charge on any atom is 0.217 e. The van der Waals surface area contributed by atoms with E-state index in [0.29, 0.717) is 17.8 Å². The van der Waals surface area contributed by atoms with Gasteiger partial charge in [-0.3, -0.25) is 4.18 Å². The fourth-order valence-corrected chi connectivity index (χ4v) is 8.23. The van der Waals surface area contributed by atoms with Crippen LogP contribution < -0.4 is 4.98 Å². The Labute approximate surface area is 187 Å². The smallest absolute Gasteiger partial charge is 0.217 e. The molecule has 0 saturated heterocycles. The van der Waals surface area contributed by atoms with Crippen LogP contribution in [0, 0.1) is 34.5 Å². The first-order valence-electron chi connectivity index (χ1n) is 11.9. The molecular formula is C25H37NO4S. The van der Waals surface area contributed by atoms with E-state index in [4.69, 9.17) is 4.18 Å². The lowest BCUT2D eigenvalue weighted by molar-refractivity contribution is -0.377. The van der Waals surface area contributed by atoms with Crippen molar-refractivity contribution < 1.29 is 22.1 Å². The summed E-state index contributed by atoms with van der Waals surface area (Å²) in [6.07, 6.45) is 13.2. The molecule has 0 spiro atoms. The zero-order chi connectivity index (χ0) is 22.3. The molecule has 1 N–H and O–H groups in total. The van der Waals surface area contributed by atoms with Crippen LogP contribution in [0.2, 0.25) is 0 Å². The highest BCUT2D eigenvalue weighted by Gasteiger charge is 2.58. The first-order chi connectivity index (χ1) is 14.6. The van der Waals surface area contributed by atoms with Crippen LogP contribution >= 0.6 is 0 Å². The molecule has 5 nitrogen and oxygen atoms in total. The Morgan fingerprint density at radius 2 is 1.77 bits per heavy atom. The molecule has 0 aromatic carbocycles. The van der Waals surface area contributed by atoms with E-state index in [9.17, 15) is 13.0 Å². The number of H-pyrrole nitrogens is 1. The average Bonchev–Trinajstić information content (AvgIpc) is 3.04. The Morgan fingerprint density at radius 3 is 2.39 bits per heavy atom. The van der Waals surface area contributed by atoms with Crippen LogP contribution in [-0.2, 0) is 14.6 Å². The van der Waals surface area contributed by atoms with Gasteiger partial charge in [0.15, 0.2) is 12.4 Å². The molecule has 4 aliphatic rings. The normalized spacial score (nSPS) is 41.9. The fraction of sp³-hybridized carbons (Fsp3) is 0.720. The number of hydrogen-bond acceptors (Lipinski definition) is 4. The minimum Gasteiger partial charge on any atom is -0.726 e. The largest absolute Gasteiger partial charge is 0.726 e. The number of pyridine rings is 1. The Bertz CT molecular complexity index is 861. The summed E-state index contributed by atoms with van der Waals surface area (Å²) in [5.74, 6) is 2.80. The summed E-state index contributed by atoms with van der Waals surface area (Å²) in [6, 6.07) is 5.86. The van der Waals surface area contributed by atoms with Crippen LogP contribution in [0.4, 0.5) is 0 Å². The third-order valence-electron chi connectivity index (χ3n) is 9.43. The molecule has 4 aliphatic carbocycles. The molecule has 6 heteroatoms. The van der Waals surface area contributed by atoms with Crippen LogP contribution in [0.1, 0.15) is 71.6 Å². The standard InChI is InChI=1S/C20H32O4S.C5H5N/c1-13-4-7-17-16-6-5-14-12-15(24-25(21,22)23)8-10-20(14,3)18(16)9-11-19(13,17)2;1-2-4-6-5-3-1/h14-18H,1,4-12H2,2-3H3,(H,21,22,23);1-5H/t14?,15-,16+,17+,18+,19-,20+;/m1./s1. The van der Waals surface area contributed by atoms with E-state index >= 15 is 0 Å². The molecule has 1 unspecified atom stereocenters. The lowest BCUT2D eigenvalue weighted by Crippen LogP contribution is -2.53. The maximum absolute atomic E-state index is 11.0. The molecule has 172 valence electrons. The molecule has 1 aromatic heterocycles. The molecule has 0 bridgehead atoms. The van der Waals surface area contributed by atoms with E-state index < -0.39 is 16.5 Å². The van der Waals surface area contributed by atoms with Crippen molar-refractivity contribution >= 4 is 10.4 Å². The number of rotatable bonds is 2. The molecule has 4 saturated carbocycles. The lowest BCUT2D eigenvalue weighted by Gasteiger charge is -2.60. The molecule has 0 amide bonds. The number of fused-ring (bicyclic) bond motifs is 5. The minimum atomic E-state index is -4.59. The van der Waals surface area contributed by atoms with Gasteiger partial charge in [-0.1, -0.05) is 32.1 Å². The molecular weight excluding hydrogens is 410 g/mol. The first kappa shape index (κ1) is 22.9. The van der Waals surface area contributed by atoms with E-state index in [-0.39, 0.29) is 5.41 Å². The second-order valence-corrected chi connectivity index (χ2v) is 11.7. The van der Waals surface area contributed by atoms with Gasteiger partial charge in [-0.25, -0.2) is 13.4 Å². The highest BCUT2D eigenvalue weighted by Crippen LogP contribution is 2.67. The highest BCUT2D eigenvalue weighted by molar-refractivity contribution is 7.80. The van der Waals surface area contributed by atoms with Crippen LogP contribution in [0.5, 0.6) is 0 Å². The van der Waals surface area contributed by atoms with Crippen LogP contribution in [0.25, 0.3) is 0 Å². The monoisotopic (exact) mass is 447 g/mol. The Hall–Kier alpha value is -1.24. The van der Waals surface area contributed by atoms with E-state index in [1.54, 1.807) is 0 Å². The summed E-state index contributed by atoms with van der Waals surface area (Å²) in [5.41, 5.74) is 2.10. The van der Waals surface area contributed by atoms with Gasteiger partial charge in [0.05, 0.1) is 6.10 Å². The summed E-state index contributed by atoms with van der Waals surface area (Å²) in [4.78, 5) is 2.89. The number of allylic oxidation sites excluding steroid dienone is 1. The van der Waals surface area contributed by atoms with Crippen molar-refractivity contribution in [3.05, 3.63) is 42.7 Å². The van der Waals surface area contributed by atoms with Crippen molar-refractivity contribution in [1.82, 2.24) is 0 Å². The van der Waals surface area contributed by atoms with Crippen molar-refractivity contribution in [3.63, 3.8) is 0 Å². The van der Waals surface area contributed by atoms with E-state index in [1.807, 2.05) is 30.6 Å². The Balaban J connectivity index is 0.000000334. The average molecular weight is 448 g/mol. The Kier molecular flexibility index (Phi) is 6.36. The molecule has 4 fully saturated rings. The predicted octanol–water partition coefficient (Wildman–Crippen LogP) is 4.93. The molecule has 31 heavy (non-hydrogen) atoms. The topological polar surface area (TPSA) is 80.6 Å². The second kappa shape index (κ2) is 8.60. The van der Waals surface area contributed by atoms with Crippen molar-refractivity contribution in [2.45, 2.75) is 77.7 Å². The van der Waals surface area contributed by atoms with Crippen molar-refractivity contribution in [3.8, 4) is 0 Å². The molecule has 7 atom stereocenters. The van der Waals surface area contributed by atoms with Gasteiger partial charge >= 0.3 is 0 Å². The zero-order valence-electron chi connectivity index (χ0n) is 18.9. The van der Waals surface area contributed by atoms with E-state index in [2.05, 4.69) is 25.4 Å². The predicted molar refractivity (Wildman–Crippen MR) is 118 cm³/mol. The number of aromatic amines is 1. The van der Waals surface area contributed by atoms with Gasteiger partial charge in [-0.05, 0) is 92.3 Å². The van der Waals surface area contributed by atoms with Gasteiger partial charge in [0.1, 0.15) is 0 Å². The van der Waals surface area contributed by atoms with Crippen molar-refractivity contribution in [1.29, 1.82) is 0 Å². The van der Waals surface area contributed by atoms with Gasteiger partial charge in [0.2, 0.25) is 10.4 Å². The summed E-state index contributed by atoms with van der Waals surface area (Å²) in [6.45, 7) is 9.27. The van der Waals surface area contributed by atoms with E-state index in [1.165, 1.54) is 37.7 Å². The molecule has 1 heterocycles. The molecule has 0 aliphatic heterocycles. The van der Waals surface area contributed by atoms with Gasteiger partial charge in [-0.2, -0.15) is 0 Å². The summed E-state index contributed by atoms with van der Waals surface area (Å²) in [7, 11) is -4.59. The third kappa shape index (κ3) is 4.49. The van der Waals surface area contributed by atoms with Gasteiger partial charge in [0.25, 0.3) is 0 Å². The van der Waals surface area contributed by atoms with Crippen molar-refractivity contribution in [2.75, 3.05) is 0 Å². The van der Waals surface area contributed by atoms with Gasteiger partial charge in [0, 0.05) is 12.1 Å². The number of hydrogen-bond donors (Lipinski definition) is 0. The highest BCUT2D eigenvalue weighted by atomic mass is 32.3. The van der Waals surface area contributed by atoms with Gasteiger partial charge in [-0.15, -0.1) is 0 Å². The van der Waals surface area contributed by atoms with Gasteiger partial charge < -0.3 is 4.55 Å². The third-order valence-corrected chi connectivity index (χ3v) is 9.94. The summed E-state index contributed by atoms with van der Waals surface area (Å²) >= 11 is 0. The zero-order valence-corrected chi connectivity index (χ0v) is 19.7. The van der Waals surface area contributed by atoms with E-state index in [0.717, 1.165) is 37.0 Å². The number of aromatic nitrogens is 1. The number of nitrogens with one attached hydrogen (secondary N) is 1. The SMILES string of the molecule is C=C1CC[C@H]2[C@@H]3CCC4C[C@H](OS(=O)(=O)[O-])CC[C@]4(C)[C@H]3CC[C@]12C.c1cc[nH+]cc1. The minimum absolute atomic E-state index is 0.278. The van der Waals surface area contributed by atoms with Crippen LogP contribution in [0.15, 0.2) is 42.7 Å². The maximum atomic E-state index is 11.0. The Morgan fingerprint density at radius 1 is 1.03 bits per heavy atom. The lowest BCUT2D eigenvalue weighted by atomic mass is 9.45. The molecule has 1 aromatic rings. The fourth-order valence-electron chi connectivity index (χ4n) is 7.72.